The van der Waals surface area contributed by atoms with Crippen molar-refractivity contribution in [3.63, 3.8) is 0 Å². The molecule has 0 amide bonds. The molecule has 2 N–H and O–H groups in total. The number of halogens is 2. The second-order valence-corrected chi connectivity index (χ2v) is 7.81. The minimum Gasteiger partial charge on any atom is -0.399 e. The van der Waals surface area contributed by atoms with E-state index in [0.717, 1.165) is 11.3 Å². The Balaban J connectivity index is 2.00. The number of carbonyl (C=O) groups excluding carboxylic acids is 1. The Labute approximate surface area is 195 Å². The molecular formula is C25H21ClFN5O. The predicted molar refractivity (Wildman–Crippen MR) is 132 cm³/mol. The number of hydrazone groups is 1. The van der Waals surface area contributed by atoms with Crippen molar-refractivity contribution in [1.29, 1.82) is 0 Å². The minimum atomic E-state index is -0.454. The summed E-state index contributed by atoms with van der Waals surface area (Å²) in [6.45, 7) is 1.99. The van der Waals surface area contributed by atoms with Crippen LogP contribution in [0.4, 0.5) is 15.8 Å². The molecule has 4 aromatic rings. The summed E-state index contributed by atoms with van der Waals surface area (Å²) in [6, 6.07) is 17.2. The van der Waals surface area contributed by atoms with Gasteiger partial charge in [-0.1, -0.05) is 29.8 Å². The fraction of sp³-hybridized carbons (Fsp3) is 0.0800. The van der Waals surface area contributed by atoms with Crippen LogP contribution in [0.2, 0.25) is 5.02 Å². The maximum atomic E-state index is 13.7. The molecule has 0 atom stereocenters. The number of para-hydroxylation sites is 1. The van der Waals surface area contributed by atoms with Crippen LogP contribution in [0.3, 0.4) is 0 Å². The van der Waals surface area contributed by atoms with Gasteiger partial charge in [0.2, 0.25) is 0 Å². The molecule has 0 saturated carbocycles. The highest BCUT2D eigenvalue weighted by Crippen LogP contribution is 2.32. The molecule has 0 aliphatic heterocycles. The van der Waals surface area contributed by atoms with Crippen molar-refractivity contribution in [2.24, 2.45) is 5.10 Å². The highest BCUT2D eigenvalue weighted by atomic mass is 35.5. The van der Waals surface area contributed by atoms with Gasteiger partial charge in [0.15, 0.2) is 5.84 Å². The highest BCUT2D eigenvalue weighted by Gasteiger charge is 2.19. The van der Waals surface area contributed by atoms with Crippen molar-refractivity contribution in [3.05, 3.63) is 89.2 Å². The summed E-state index contributed by atoms with van der Waals surface area (Å²) in [7, 11) is 1.82. The van der Waals surface area contributed by atoms with E-state index in [1.165, 1.54) is 18.2 Å². The van der Waals surface area contributed by atoms with Crippen molar-refractivity contribution >= 4 is 46.1 Å². The van der Waals surface area contributed by atoms with Crippen LogP contribution < -0.4 is 10.7 Å². The Hall–Kier alpha value is -3.97. The van der Waals surface area contributed by atoms with Gasteiger partial charge in [-0.25, -0.2) is 9.37 Å². The second kappa shape index (κ2) is 9.26. The molecule has 166 valence electrons. The number of hydrogen-bond acceptors (Lipinski definition) is 5. The fourth-order valence-corrected chi connectivity index (χ4v) is 3.84. The zero-order valence-electron chi connectivity index (χ0n) is 18.0. The van der Waals surface area contributed by atoms with Gasteiger partial charge in [-0.15, -0.1) is 0 Å². The van der Waals surface area contributed by atoms with Crippen LogP contribution in [-0.2, 0) is 4.79 Å². The number of nitrogen functional groups attached to an aromatic ring is 1. The van der Waals surface area contributed by atoms with E-state index in [-0.39, 0.29) is 5.02 Å². The number of aromatic nitrogens is 2. The van der Waals surface area contributed by atoms with Gasteiger partial charge < -0.3 is 5.73 Å². The van der Waals surface area contributed by atoms with Crippen LogP contribution >= 0.6 is 11.6 Å². The number of rotatable bonds is 5. The maximum absolute atomic E-state index is 13.7. The maximum Gasteiger partial charge on any atom is 0.159 e. The zero-order valence-corrected chi connectivity index (χ0v) is 18.8. The second-order valence-electron chi connectivity index (χ2n) is 7.41. The lowest BCUT2D eigenvalue weighted by Crippen LogP contribution is -2.19. The molecule has 0 spiro atoms. The first-order valence-corrected chi connectivity index (χ1v) is 10.5. The number of hydrogen-bond donors (Lipinski definition) is 1. The molecule has 0 fully saturated rings. The van der Waals surface area contributed by atoms with E-state index in [1.54, 1.807) is 33.9 Å². The van der Waals surface area contributed by atoms with E-state index in [2.05, 4.69) is 0 Å². The average molecular weight is 462 g/mol. The fourth-order valence-electron chi connectivity index (χ4n) is 3.59. The number of aryl methyl sites for hydroxylation is 1. The smallest absolute Gasteiger partial charge is 0.159 e. The van der Waals surface area contributed by atoms with Gasteiger partial charge in [-0.3, -0.25) is 14.4 Å². The van der Waals surface area contributed by atoms with Crippen molar-refractivity contribution in [2.45, 2.75) is 6.92 Å². The summed E-state index contributed by atoms with van der Waals surface area (Å²) < 4.78 is 15.5. The summed E-state index contributed by atoms with van der Waals surface area (Å²) in [5.74, 6) is 0.397. The topological polar surface area (TPSA) is 76.5 Å². The van der Waals surface area contributed by atoms with E-state index in [0.29, 0.717) is 40.2 Å². The lowest BCUT2D eigenvalue weighted by molar-refractivity contribution is -0.104. The molecule has 4 rings (SSSR count). The van der Waals surface area contributed by atoms with Gasteiger partial charge in [0.25, 0.3) is 0 Å². The van der Waals surface area contributed by atoms with Crippen molar-refractivity contribution < 1.29 is 9.18 Å². The van der Waals surface area contributed by atoms with Crippen LogP contribution in [0.5, 0.6) is 0 Å². The van der Waals surface area contributed by atoms with Gasteiger partial charge in [0.1, 0.15) is 17.9 Å². The summed E-state index contributed by atoms with van der Waals surface area (Å²) in [6.07, 6.45) is 3.61. The number of nitrogens with zero attached hydrogens (tertiary/aromatic N) is 4. The first kappa shape index (κ1) is 22.2. The van der Waals surface area contributed by atoms with E-state index >= 15 is 0 Å². The normalized spacial score (nSPS) is 11.9. The Morgan fingerprint density at radius 3 is 2.70 bits per heavy atom. The number of nitrogens with two attached hydrogens (primary N) is 1. The molecule has 33 heavy (non-hydrogen) atoms. The number of allylic oxidation sites excluding steroid dienone is 2. The van der Waals surface area contributed by atoms with Gasteiger partial charge in [0.05, 0.1) is 21.7 Å². The molecule has 0 aliphatic rings. The third-order valence-electron chi connectivity index (χ3n) is 5.12. The quantitative estimate of drug-likeness (QED) is 0.107. The van der Waals surface area contributed by atoms with Gasteiger partial charge in [-0.05, 0) is 67.1 Å². The predicted octanol–water partition coefficient (Wildman–Crippen LogP) is 5.44. The largest absolute Gasteiger partial charge is 0.399 e. The third-order valence-corrected chi connectivity index (χ3v) is 5.43. The Morgan fingerprint density at radius 1 is 1.18 bits per heavy atom. The monoisotopic (exact) mass is 461 g/mol. The van der Waals surface area contributed by atoms with E-state index < -0.39 is 5.82 Å². The molecule has 0 aliphatic carbocycles. The van der Waals surface area contributed by atoms with Crippen LogP contribution in [0.15, 0.2) is 77.9 Å². The Bertz CT molecular complexity index is 1410. The molecule has 0 saturated heterocycles. The third kappa shape index (κ3) is 4.49. The number of aldehydes is 1. The average Bonchev–Trinajstić information content (AvgIpc) is 3.14. The minimum absolute atomic E-state index is 0.200. The molecule has 0 bridgehead atoms. The lowest BCUT2D eigenvalue weighted by atomic mass is 10.2. The summed E-state index contributed by atoms with van der Waals surface area (Å²) in [5.41, 5.74) is 10.3. The standard InChI is InChI=1S/C25H21ClFN5O/c1-16-6-3-4-7-22(16)31(2)30-24(8-5-13-33)32-23-12-10-18(28)15-21(23)29-25(32)19-11-9-17(27)14-20(19)26/h3-15H,28H2,1-2H3/b8-5-,30-24?. The summed E-state index contributed by atoms with van der Waals surface area (Å²) in [4.78, 5) is 15.9. The number of carbonyl (C=O) groups is 1. The van der Waals surface area contributed by atoms with E-state index in [9.17, 15) is 9.18 Å². The number of fused-ring (bicyclic) bond motifs is 1. The van der Waals surface area contributed by atoms with Gasteiger partial charge >= 0.3 is 0 Å². The molecule has 0 unspecified atom stereocenters. The molecule has 1 heterocycles. The van der Waals surface area contributed by atoms with Crippen molar-refractivity contribution in [3.8, 4) is 11.4 Å². The van der Waals surface area contributed by atoms with Crippen molar-refractivity contribution in [2.75, 3.05) is 17.8 Å². The number of benzene rings is 3. The first-order chi connectivity index (χ1) is 15.9. The number of anilines is 2. The van der Waals surface area contributed by atoms with Gasteiger partial charge in [0, 0.05) is 18.3 Å². The van der Waals surface area contributed by atoms with Crippen LogP contribution in [-0.4, -0.2) is 28.7 Å². The van der Waals surface area contributed by atoms with Crippen LogP contribution in [0.25, 0.3) is 22.4 Å². The van der Waals surface area contributed by atoms with Gasteiger partial charge in [-0.2, -0.15) is 5.10 Å². The molecular weight excluding hydrogens is 441 g/mol. The molecule has 1 aromatic heterocycles. The van der Waals surface area contributed by atoms with Crippen LogP contribution in [0.1, 0.15) is 5.56 Å². The molecule has 0 radical (unpaired) electrons. The molecule has 6 nitrogen and oxygen atoms in total. The summed E-state index contributed by atoms with van der Waals surface area (Å²) >= 11 is 6.38. The Morgan fingerprint density at radius 2 is 1.97 bits per heavy atom. The van der Waals surface area contributed by atoms with Crippen LogP contribution in [0, 0.1) is 12.7 Å². The number of imidazole rings is 1. The SMILES string of the molecule is Cc1ccccc1N(C)N=C(/C=C\C=O)n1c(-c2ccc(F)cc2Cl)nc2cc(N)ccc21. The summed E-state index contributed by atoms with van der Waals surface area (Å²) in [5, 5.41) is 6.69. The van der Waals surface area contributed by atoms with E-state index in [4.69, 9.17) is 27.4 Å². The van der Waals surface area contributed by atoms with Crippen molar-refractivity contribution in [1.82, 2.24) is 9.55 Å². The highest BCUT2D eigenvalue weighted by molar-refractivity contribution is 6.33. The van der Waals surface area contributed by atoms with E-state index in [1.807, 2.05) is 44.3 Å². The lowest BCUT2D eigenvalue weighted by Gasteiger charge is -2.18. The molecule has 3 aromatic carbocycles. The molecule has 8 heteroatoms. The first-order valence-electron chi connectivity index (χ1n) is 10.1. The Kier molecular flexibility index (Phi) is 6.24. The zero-order chi connectivity index (χ0) is 23.5.